The van der Waals surface area contributed by atoms with E-state index < -0.39 is 0 Å². The van der Waals surface area contributed by atoms with E-state index in [0.29, 0.717) is 16.1 Å². The lowest BCUT2D eigenvalue weighted by Crippen LogP contribution is -1.99. The van der Waals surface area contributed by atoms with Gasteiger partial charge in [-0.15, -0.1) is 0 Å². The summed E-state index contributed by atoms with van der Waals surface area (Å²) in [7, 11) is 0. The average molecular weight is 205 g/mol. The van der Waals surface area contributed by atoms with Gasteiger partial charge in [-0.1, -0.05) is 37.0 Å². The number of hydrogen-bond donors (Lipinski definition) is 0. The zero-order valence-electron chi connectivity index (χ0n) is 7.23. The maximum absolute atomic E-state index is 5.83. The average Bonchev–Trinajstić information content (AvgIpc) is 1.99. The SMILES string of the molecule is Cc1c(Cl)nc(C(C)C)nc1Cl. The minimum absolute atomic E-state index is 0.251. The molecule has 0 aliphatic heterocycles. The first-order chi connectivity index (χ1) is 5.52. The van der Waals surface area contributed by atoms with Crippen LogP contribution in [0.1, 0.15) is 31.2 Å². The van der Waals surface area contributed by atoms with Crippen LogP contribution in [0, 0.1) is 6.92 Å². The van der Waals surface area contributed by atoms with Crippen LogP contribution in [-0.4, -0.2) is 9.97 Å². The van der Waals surface area contributed by atoms with Crippen molar-refractivity contribution >= 4 is 23.2 Å². The number of rotatable bonds is 1. The van der Waals surface area contributed by atoms with Gasteiger partial charge < -0.3 is 0 Å². The molecule has 0 amide bonds. The van der Waals surface area contributed by atoms with Crippen LogP contribution in [-0.2, 0) is 0 Å². The van der Waals surface area contributed by atoms with Gasteiger partial charge in [-0.3, -0.25) is 0 Å². The van der Waals surface area contributed by atoms with E-state index in [1.165, 1.54) is 0 Å². The molecule has 0 fully saturated rings. The molecule has 0 unspecified atom stereocenters. The fourth-order valence-corrected chi connectivity index (χ4v) is 1.14. The van der Waals surface area contributed by atoms with Crippen molar-refractivity contribution in [2.75, 3.05) is 0 Å². The summed E-state index contributed by atoms with van der Waals surface area (Å²) >= 11 is 11.7. The van der Waals surface area contributed by atoms with Gasteiger partial charge in [0.05, 0.1) is 0 Å². The Morgan fingerprint density at radius 2 is 1.50 bits per heavy atom. The highest BCUT2D eigenvalue weighted by molar-refractivity contribution is 6.34. The second-order valence-corrected chi connectivity index (χ2v) is 3.66. The van der Waals surface area contributed by atoms with Gasteiger partial charge in [-0.05, 0) is 6.92 Å². The van der Waals surface area contributed by atoms with Crippen LogP contribution >= 0.6 is 23.2 Å². The molecule has 0 aliphatic carbocycles. The maximum Gasteiger partial charge on any atom is 0.137 e. The Bertz CT molecular complexity index is 274. The van der Waals surface area contributed by atoms with Gasteiger partial charge in [-0.25, -0.2) is 9.97 Å². The highest BCUT2D eigenvalue weighted by Gasteiger charge is 2.09. The van der Waals surface area contributed by atoms with Crippen LogP contribution in [0.5, 0.6) is 0 Å². The molecule has 66 valence electrons. The summed E-state index contributed by atoms with van der Waals surface area (Å²) in [5, 5.41) is 0.886. The molecule has 0 aliphatic rings. The van der Waals surface area contributed by atoms with Crippen LogP contribution in [0.2, 0.25) is 10.3 Å². The van der Waals surface area contributed by atoms with Crippen molar-refractivity contribution in [3.63, 3.8) is 0 Å². The minimum Gasteiger partial charge on any atom is -0.221 e. The van der Waals surface area contributed by atoms with E-state index in [1.54, 1.807) is 6.92 Å². The van der Waals surface area contributed by atoms with Crippen LogP contribution in [0.4, 0.5) is 0 Å². The van der Waals surface area contributed by atoms with Crippen molar-refractivity contribution in [3.05, 3.63) is 21.7 Å². The van der Waals surface area contributed by atoms with E-state index in [9.17, 15) is 0 Å². The Balaban J connectivity index is 3.21. The Morgan fingerprint density at radius 3 is 1.83 bits per heavy atom. The van der Waals surface area contributed by atoms with Gasteiger partial charge in [0.25, 0.3) is 0 Å². The molecule has 0 N–H and O–H groups in total. The largest absolute Gasteiger partial charge is 0.221 e. The number of halogens is 2. The van der Waals surface area contributed by atoms with Gasteiger partial charge in [0.1, 0.15) is 16.1 Å². The smallest absolute Gasteiger partial charge is 0.137 e. The Hall–Kier alpha value is -0.340. The summed E-state index contributed by atoms with van der Waals surface area (Å²) in [6, 6.07) is 0. The molecule has 0 saturated heterocycles. The summed E-state index contributed by atoms with van der Waals surface area (Å²) < 4.78 is 0. The lowest BCUT2D eigenvalue weighted by atomic mass is 10.2. The first kappa shape index (κ1) is 9.75. The van der Waals surface area contributed by atoms with Gasteiger partial charge in [0, 0.05) is 11.5 Å². The van der Waals surface area contributed by atoms with E-state index in [1.807, 2.05) is 13.8 Å². The minimum atomic E-state index is 0.251. The molecule has 0 bridgehead atoms. The van der Waals surface area contributed by atoms with Gasteiger partial charge in [0.15, 0.2) is 0 Å². The monoisotopic (exact) mass is 204 g/mol. The first-order valence-electron chi connectivity index (χ1n) is 3.72. The van der Waals surface area contributed by atoms with Gasteiger partial charge in [-0.2, -0.15) is 0 Å². The third-order valence-electron chi connectivity index (χ3n) is 1.56. The Morgan fingerprint density at radius 1 is 1.08 bits per heavy atom. The summed E-state index contributed by atoms with van der Waals surface area (Å²) in [4.78, 5) is 8.21. The van der Waals surface area contributed by atoms with Crippen molar-refractivity contribution in [1.29, 1.82) is 0 Å². The molecule has 4 heteroatoms. The topological polar surface area (TPSA) is 25.8 Å². The molecule has 1 rings (SSSR count). The highest BCUT2D eigenvalue weighted by Crippen LogP contribution is 2.22. The second-order valence-electron chi connectivity index (χ2n) is 2.94. The highest BCUT2D eigenvalue weighted by atomic mass is 35.5. The van der Waals surface area contributed by atoms with Crippen molar-refractivity contribution < 1.29 is 0 Å². The predicted octanol–water partition coefficient (Wildman–Crippen LogP) is 3.22. The van der Waals surface area contributed by atoms with Crippen molar-refractivity contribution in [3.8, 4) is 0 Å². The summed E-state index contributed by atoms with van der Waals surface area (Å²) in [6.45, 7) is 5.80. The van der Waals surface area contributed by atoms with Gasteiger partial charge in [0.2, 0.25) is 0 Å². The second kappa shape index (κ2) is 3.58. The molecular formula is C8H10Cl2N2. The van der Waals surface area contributed by atoms with E-state index in [0.717, 1.165) is 5.56 Å². The van der Waals surface area contributed by atoms with Crippen LogP contribution in [0.15, 0.2) is 0 Å². The molecule has 0 atom stereocenters. The third kappa shape index (κ3) is 1.87. The fourth-order valence-electron chi connectivity index (χ4n) is 0.737. The molecule has 2 nitrogen and oxygen atoms in total. The zero-order valence-corrected chi connectivity index (χ0v) is 8.74. The fraction of sp³-hybridized carbons (Fsp3) is 0.500. The summed E-state index contributed by atoms with van der Waals surface area (Å²) in [5.74, 6) is 0.941. The third-order valence-corrected chi connectivity index (χ3v) is 2.30. The zero-order chi connectivity index (χ0) is 9.30. The molecule has 12 heavy (non-hydrogen) atoms. The Labute approximate surface area is 81.9 Å². The molecule has 1 aromatic heterocycles. The standard InChI is InChI=1S/C8H10Cl2N2/c1-4(2)8-11-6(9)5(3)7(10)12-8/h4H,1-3H3. The molecular weight excluding hydrogens is 195 g/mol. The first-order valence-corrected chi connectivity index (χ1v) is 4.47. The van der Waals surface area contributed by atoms with Crippen molar-refractivity contribution in [1.82, 2.24) is 9.97 Å². The lowest BCUT2D eigenvalue weighted by Gasteiger charge is -2.06. The molecule has 0 saturated carbocycles. The van der Waals surface area contributed by atoms with E-state index in [-0.39, 0.29) is 5.92 Å². The number of aromatic nitrogens is 2. The van der Waals surface area contributed by atoms with Crippen molar-refractivity contribution in [2.24, 2.45) is 0 Å². The maximum atomic E-state index is 5.83. The molecule has 1 aromatic rings. The normalized spacial score (nSPS) is 10.8. The predicted molar refractivity (Wildman–Crippen MR) is 50.9 cm³/mol. The van der Waals surface area contributed by atoms with E-state index in [4.69, 9.17) is 23.2 Å². The number of hydrogen-bond acceptors (Lipinski definition) is 2. The summed E-state index contributed by atoms with van der Waals surface area (Å²) in [5.41, 5.74) is 0.739. The van der Waals surface area contributed by atoms with Crippen LogP contribution in [0.3, 0.4) is 0 Å². The molecule has 0 aromatic carbocycles. The van der Waals surface area contributed by atoms with Gasteiger partial charge >= 0.3 is 0 Å². The quantitative estimate of drug-likeness (QED) is 0.657. The van der Waals surface area contributed by atoms with E-state index >= 15 is 0 Å². The van der Waals surface area contributed by atoms with Crippen LogP contribution < -0.4 is 0 Å². The Kier molecular flexibility index (Phi) is 2.91. The number of nitrogens with zero attached hydrogens (tertiary/aromatic N) is 2. The molecule has 0 radical (unpaired) electrons. The van der Waals surface area contributed by atoms with E-state index in [2.05, 4.69) is 9.97 Å². The van der Waals surface area contributed by atoms with Crippen LogP contribution in [0.25, 0.3) is 0 Å². The van der Waals surface area contributed by atoms with Crippen molar-refractivity contribution in [2.45, 2.75) is 26.7 Å². The molecule has 1 heterocycles. The summed E-state index contributed by atoms with van der Waals surface area (Å²) in [6.07, 6.45) is 0. The lowest BCUT2D eigenvalue weighted by molar-refractivity contribution is 0.771. The molecule has 0 spiro atoms.